The van der Waals surface area contributed by atoms with Crippen molar-refractivity contribution in [1.29, 1.82) is 0 Å². The van der Waals surface area contributed by atoms with Gasteiger partial charge in [0.2, 0.25) is 5.91 Å². The third-order valence-corrected chi connectivity index (χ3v) is 4.83. The van der Waals surface area contributed by atoms with Gasteiger partial charge in [-0.3, -0.25) is 9.59 Å². The summed E-state index contributed by atoms with van der Waals surface area (Å²) >= 11 is 0. The third kappa shape index (κ3) is 4.89. The molecule has 0 unspecified atom stereocenters. The summed E-state index contributed by atoms with van der Waals surface area (Å²) in [6.07, 6.45) is -0.842. The van der Waals surface area contributed by atoms with E-state index in [2.05, 4.69) is 5.32 Å². The molecular weight excluding hydrogens is 364 g/mol. The van der Waals surface area contributed by atoms with Crippen LogP contribution in [0.4, 0.5) is 0 Å². The van der Waals surface area contributed by atoms with Gasteiger partial charge in [0.15, 0.2) is 6.10 Å². The van der Waals surface area contributed by atoms with Crippen LogP contribution in [0.1, 0.15) is 28.7 Å². The molecule has 0 heterocycles. The molecule has 148 valence electrons. The number of nitrogens with two attached hydrogens (primary N) is 1. The molecular formula is C24H24N2O3. The maximum atomic E-state index is 13.0. The van der Waals surface area contributed by atoms with Crippen molar-refractivity contribution in [3.63, 3.8) is 0 Å². The van der Waals surface area contributed by atoms with Crippen LogP contribution in [0.15, 0.2) is 91.0 Å². The second kappa shape index (κ2) is 9.66. The summed E-state index contributed by atoms with van der Waals surface area (Å²) in [5, 5.41) is 2.82. The van der Waals surface area contributed by atoms with Crippen LogP contribution in [0.2, 0.25) is 0 Å². The lowest BCUT2D eigenvalue weighted by molar-refractivity contribution is -0.135. The first-order valence-electron chi connectivity index (χ1n) is 9.39. The maximum absolute atomic E-state index is 13.0. The maximum Gasteiger partial charge on any atom is 0.254 e. The topological polar surface area (TPSA) is 81.4 Å². The quantitative estimate of drug-likeness (QED) is 0.622. The molecule has 3 aromatic carbocycles. The van der Waals surface area contributed by atoms with E-state index in [-0.39, 0.29) is 0 Å². The van der Waals surface area contributed by atoms with Gasteiger partial charge < -0.3 is 15.8 Å². The van der Waals surface area contributed by atoms with E-state index in [1.807, 2.05) is 78.9 Å². The summed E-state index contributed by atoms with van der Waals surface area (Å²) in [4.78, 5) is 25.4. The Hall–Kier alpha value is -3.44. The van der Waals surface area contributed by atoms with Gasteiger partial charge in [-0.25, -0.2) is 0 Å². The molecule has 29 heavy (non-hydrogen) atoms. The van der Waals surface area contributed by atoms with Crippen LogP contribution in [-0.4, -0.2) is 25.0 Å². The van der Waals surface area contributed by atoms with Crippen LogP contribution in [0, 0.1) is 0 Å². The zero-order chi connectivity index (χ0) is 20.6. The Balaban J connectivity index is 1.95. The number of rotatable bonds is 8. The fourth-order valence-corrected chi connectivity index (χ4v) is 3.47. The van der Waals surface area contributed by atoms with Crippen LogP contribution >= 0.6 is 0 Å². The van der Waals surface area contributed by atoms with Crippen LogP contribution in [0.25, 0.3) is 0 Å². The second-order valence-corrected chi connectivity index (χ2v) is 6.71. The smallest absolute Gasteiger partial charge is 0.254 e. The van der Waals surface area contributed by atoms with Crippen LogP contribution in [0.3, 0.4) is 0 Å². The second-order valence-electron chi connectivity index (χ2n) is 6.71. The Morgan fingerprint density at radius 3 is 1.55 bits per heavy atom. The molecule has 3 N–H and O–H groups in total. The standard InChI is InChI=1S/C24H24N2O3/c1-29-22(19-15-9-4-10-16-19)24(28)26-21(23(25)27)20(17-11-5-2-6-12-17)18-13-7-3-8-14-18/h2-16,20-22H,1H3,(H2,25,27)(H,26,28)/t21-,22-/m1/s1. The zero-order valence-electron chi connectivity index (χ0n) is 16.2. The molecule has 0 saturated carbocycles. The summed E-state index contributed by atoms with van der Waals surface area (Å²) in [7, 11) is 1.46. The van der Waals surface area contributed by atoms with Gasteiger partial charge in [-0.1, -0.05) is 91.0 Å². The fraction of sp³-hybridized carbons (Fsp3) is 0.167. The van der Waals surface area contributed by atoms with Crippen molar-refractivity contribution in [3.8, 4) is 0 Å². The van der Waals surface area contributed by atoms with Crippen molar-refractivity contribution in [3.05, 3.63) is 108 Å². The van der Waals surface area contributed by atoms with Gasteiger partial charge in [-0.15, -0.1) is 0 Å². The lowest BCUT2D eigenvalue weighted by Crippen LogP contribution is -2.50. The molecule has 3 rings (SSSR count). The van der Waals surface area contributed by atoms with Gasteiger partial charge in [0.25, 0.3) is 5.91 Å². The number of hydrogen-bond acceptors (Lipinski definition) is 3. The predicted octanol–water partition coefficient (Wildman–Crippen LogP) is 3.18. The molecule has 2 amide bonds. The predicted molar refractivity (Wildman–Crippen MR) is 112 cm³/mol. The first-order valence-corrected chi connectivity index (χ1v) is 9.39. The van der Waals surface area contributed by atoms with E-state index >= 15 is 0 Å². The van der Waals surface area contributed by atoms with Gasteiger partial charge in [0, 0.05) is 13.0 Å². The first-order chi connectivity index (χ1) is 14.1. The van der Waals surface area contributed by atoms with Gasteiger partial charge in [-0.05, 0) is 16.7 Å². The Bertz CT molecular complexity index is 891. The average Bonchev–Trinajstić information content (AvgIpc) is 2.76. The molecule has 0 aliphatic rings. The van der Waals surface area contributed by atoms with Crippen molar-refractivity contribution < 1.29 is 14.3 Å². The lowest BCUT2D eigenvalue weighted by Gasteiger charge is -2.28. The van der Waals surface area contributed by atoms with Crippen molar-refractivity contribution in [2.75, 3.05) is 7.11 Å². The van der Waals surface area contributed by atoms with Crippen LogP contribution < -0.4 is 11.1 Å². The Morgan fingerprint density at radius 1 is 0.759 bits per heavy atom. The third-order valence-electron chi connectivity index (χ3n) is 4.83. The molecule has 5 heteroatoms. The van der Waals surface area contributed by atoms with Gasteiger partial charge in [0.05, 0.1) is 0 Å². The highest BCUT2D eigenvalue weighted by atomic mass is 16.5. The number of benzene rings is 3. The van der Waals surface area contributed by atoms with E-state index in [0.717, 1.165) is 11.1 Å². The molecule has 0 aromatic heterocycles. The largest absolute Gasteiger partial charge is 0.368 e. The summed E-state index contributed by atoms with van der Waals surface area (Å²) < 4.78 is 5.41. The summed E-state index contributed by atoms with van der Waals surface area (Å²) in [5.41, 5.74) is 8.22. The Labute approximate surface area is 170 Å². The molecule has 0 radical (unpaired) electrons. The van der Waals surface area contributed by atoms with E-state index in [1.165, 1.54) is 7.11 Å². The molecule has 0 aliphatic heterocycles. The molecule has 5 nitrogen and oxygen atoms in total. The minimum atomic E-state index is -0.936. The number of amides is 2. The first kappa shape index (κ1) is 20.3. The van der Waals surface area contributed by atoms with Crippen LogP contribution in [0.5, 0.6) is 0 Å². The minimum Gasteiger partial charge on any atom is -0.368 e. The van der Waals surface area contributed by atoms with Crippen molar-refractivity contribution in [2.45, 2.75) is 18.1 Å². The fourth-order valence-electron chi connectivity index (χ4n) is 3.47. The van der Waals surface area contributed by atoms with Gasteiger partial charge >= 0.3 is 0 Å². The van der Waals surface area contributed by atoms with E-state index < -0.39 is 29.9 Å². The number of carbonyl (C=O) groups excluding carboxylic acids is 2. The van der Waals surface area contributed by atoms with Gasteiger partial charge in [-0.2, -0.15) is 0 Å². The molecule has 0 saturated heterocycles. The molecule has 0 fully saturated rings. The average molecular weight is 388 g/mol. The number of methoxy groups -OCH3 is 1. The normalized spacial score (nSPS) is 12.9. The van der Waals surface area contributed by atoms with Crippen LogP contribution in [-0.2, 0) is 14.3 Å². The van der Waals surface area contributed by atoms with E-state index in [0.29, 0.717) is 5.56 Å². The highest BCUT2D eigenvalue weighted by Crippen LogP contribution is 2.29. The molecule has 0 aliphatic carbocycles. The Kier molecular flexibility index (Phi) is 6.76. The monoisotopic (exact) mass is 388 g/mol. The summed E-state index contributed by atoms with van der Waals surface area (Å²) in [5.74, 6) is -1.45. The van der Waals surface area contributed by atoms with Crippen molar-refractivity contribution in [1.82, 2.24) is 5.32 Å². The molecule has 0 spiro atoms. The lowest BCUT2D eigenvalue weighted by atomic mass is 9.84. The molecule has 0 bridgehead atoms. The SMILES string of the molecule is CO[C@@H](C(=O)N[C@@H](C(N)=O)C(c1ccccc1)c1ccccc1)c1ccccc1. The number of primary amides is 1. The minimum absolute atomic E-state index is 0.417. The Morgan fingerprint density at radius 2 is 1.17 bits per heavy atom. The number of ether oxygens (including phenoxy) is 1. The van der Waals surface area contributed by atoms with E-state index in [1.54, 1.807) is 12.1 Å². The number of nitrogens with one attached hydrogen (secondary N) is 1. The highest BCUT2D eigenvalue weighted by Gasteiger charge is 2.33. The number of carbonyl (C=O) groups is 2. The molecule has 2 atom stereocenters. The number of hydrogen-bond donors (Lipinski definition) is 2. The van der Waals surface area contributed by atoms with Crippen molar-refractivity contribution in [2.24, 2.45) is 5.73 Å². The molecule has 3 aromatic rings. The summed E-state index contributed by atoms with van der Waals surface area (Å²) in [6, 6.07) is 27.3. The highest BCUT2D eigenvalue weighted by molar-refractivity contribution is 5.90. The van der Waals surface area contributed by atoms with E-state index in [4.69, 9.17) is 10.5 Å². The zero-order valence-corrected chi connectivity index (χ0v) is 16.2. The van der Waals surface area contributed by atoms with Crippen molar-refractivity contribution >= 4 is 11.8 Å². The summed E-state index contributed by atoms with van der Waals surface area (Å²) in [6.45, 7) is 0. The van der Waals surface area contributed by atoms with Gasteiger partial charge in [0.1, 0.15) is 6.04 Å². The van der Waals surface area contributed by atoms with E-state index in [9.17, 15) is 9.59 Å².